The van der Waals surface area contributed by atoms with Gasteiger partial charge in [0.15, 0.2) is 0 Å². The highest BCUT2D eigenvalue weighted by molar-refractivity contribution is 14.1. The second-order valence-corrected chi connectivity index (χ2v) is 6.97. The first-order valence-electron chi connectivity index (χ1n) is 6.83. The van der Waals surface area contributed by atoms with Gasteiger partial charge in [-0.15, -0.1) is 11.6 Å². The molecular weight excluding hydrogens is 399 g/mol. The van der Waals surface area contributed by atoms with Gasteiger partial charge >= 0.3 is 0 Å². The number of imidazole rings is 1. The maximum Gasteiger partial charge on any atom is 0.127 e. The van der Waals surface area contributed by atoms with E-state index in [9.17, 15) is 0 Å². The zero-order chi connectivity index (χ0) is 15.0. The number of hydrogen-bond acceptors (Lipinski definition) is 2. The molecule has 4 nitrogen and oxygen atoms in total. The molecule has 6 heteroatoms. The van der Waals surface area contributed by atoms with E-state index in [0.717, 1.165) is 29.8 Å². The van der Waals surface area contributed by atoms with Gasteiger partial charge in [0.1, 0.15) is 5.82 Å². The lowest BCUT2D eigenvalue weighted by Crippen LogP contribution is -2.09. The summed E-state index contributed by atoms with van der Waals surface area (Å²) in [6.45, 7) is 2.82. The summed E-state index contributed by atoms with van der Waals surface area (Å²) >= 11 is 8.62. The molecule has 0 aliphatic carbocycles. The van der Waals surface area contributed by atoms with Gasteiger partial charge in [0.25, 0.3) is 0 Å². The fraction of sp³-hybridized carbons (Fsp3) is 0.333. The number of nitrogens with zero attached hydrogens (tertiary/aromatic N) is 4. The van der Waals surface area contributed by atoms with Crippen molar-refractivity contribution in [3.8, 4) is 0 Å². The van der Waals surface area contributed by atoms with Crippen LogP contribution in [-0.4, -0.2) is 19.3 Å². The topological polar surface area (TPSA) is 35.6 Å². The van der Waals surface area contributed by atoms with E-state index in [0.29, 0.717) is 0 Å². The molecule has 3 rings (SSSR count). The zero-order valence-electron chi connectivity index (χ0n) is 11.9. The van der Waals surface area contributed by atoms with Crippen molar-refractivity contribution in [3.63, 3.8) is 0 Å². The van der Waals surface area contributed by atoms with Crippen LogP contribution >= 0.6 is 34.2 Å². The molecular formula is C15H16ClIN4. The quantitative estimate of drug-likeness (QED) is 0.479. The average Bonchev–Trinajstić information content (AvgIpc) is 2.99. The molecule has 0 aliphatic rings. The Hall–Kier alpha value is -1.08. The van der Waals surface area contributed by atoms with Crippen molar-refractivity contribution in [2.75, 3.05) is 0 Å². The minimum atomic E-state index is -0.110. The summed E-state index contributed by atoms with van der Waals surface area (Å²) in [7, 11) is 1.97. The highest BCUT2D eigenvalue weighted by Gasteiger charge is 2.15. The van der Waals surface area contributed by atoms with Gasteiger partial charge in [0.05, 0.1) is 16.4 Å². The third-order valence-corrected chi connectivity index (χ3v) is 4.48. The standard InChI is InChI=1S/C15H16ClIN4/c1-10(16)15-19-13-9-11(17)3-4-14(13)21(15)8-6-12-5-7-18-20(12)2/h3-5,7,9-10H,6,8H2,1-2H3. The molecule has 21 heavy (non-hydrogen) atoms. The van der Waals surface area contributed by atoms with Crippen LogP contribution in [0, 0.1) is 3.57 Å². The second kappa shape index (κ2) is 5.96. The van der Waals surface area contributed by atoms with Crippen LogP contribution in [0.5, 0.6) is 0 Å². The summed E-state index contributed by atoms with van der Waals surface area (Å²) in [6.07, 6.45) is 2.74. The van der Waals surface area contributed by atoms with E-state index in [1.165, 1.54) is 9.26 Å². The Balaban J connectivity index is 1.99. The van der Waals surface area contributed by atoms with Crippen molar-refractivity contribution < 1.29 is 0 Å². The molecule has 2 heterocycles. The molecule has 3 aromatic rings. The molecule has 0 saturated heterocycles. The van der Waals surface area contributed by atoms with Crippen LogP contribution in [0.15, 0.2) is 30.5 Å². The number of rotatable bonds is 4. The molecule has 0 fully saturated rings. The predicted octanol–water partition coefficient (Wildman–Crippen LogP) is 3.92. The third-order valence-electron chi connectivity index (χ3n) is 3.61. The van der Waals surface area contributed by atoms with Gasteiger partial charge in [-0.3, -0.25) is 4.68 Å². The van der Waals surface area contributed by atoms with Gasteiger partial charge < -0.3 is 4.57 Å². The fourth-order valence-electron chi connectivity index (χ4n) is 2.53. The van der Waals surface area contributed by atoms with Crippen molar-refractivity contribution in [2.24, 2.45) is 7.05 Å². The number of benzene rings is 1. The molecule has 0 N–H and O–H groups in total. The van der Waals surface area contributed by atoms with Crippen LogP contribution in [0.4, 0.5) is 0 Å². The number of hydrogen-bond donors (Lipinski definition) is 0. The number of aryl methyl sites for hydroxylation is 3. The van der Waals surface area contributed by atoms with E-state index in [1.807, 2.05) is 30.9 Å². The average molecular weight is 415 g/mol. The van der Waals surface area contributed by atoms with E-state index in [-0.39, 0.29) is 5.38 Å². The summed E-state index contributed by atoms with van der Waals surface area (Å²) in [6, 6.07) is 8.37. The Morgan fingerprint density at radius 2 is 2.14 bits per heavy atom. The lowest BCUT2D eigenvalue weighted by atomic mass is 10.2. The Labute approximate surface area is 142 Å². The first kappa shape index (κ1) is 14.8. The molecule has 0 saturated carbocycles. The molecule has 0 bridgehead atoms. The maximum absolute atomic E-state index is 6.31. The van der Waals surface area contributed by atoms with Gasteiger partial charge in [0.2, 0.25) is 0 Å². The van der Waals surface area contributed by atoms with E-state index in [2.05, 4.69) is 50.5 Å². The van der Waals surface area contributed by atoms with Gasteiger partial charge in [0, 0.05) is 35.5 Å². The van der Waals surface area contributed by atoms with Gasteiger partial charge in [-0.2, -0.15) is 5.10 Å². The zero-order valence-corrected chi connectivity index (χ0v) is 14.8. The number of aromatic nitrogens is 4. The molecule has 110 valence electrons. The van der Waals surface area contributed by atoms with Crippen LogP contribution in [-0.2, 0) is 20.0 Å². The van der Waals surface area contributed by atoms with Crippen molar-refractivity contribution in [1.29, 1.82) is 0 Å². The summed E-state index contributed by atoms with van der Waals surface area (Å²) in [4.78, 5) is 4.70. The molecule has 1 atom stereocenters. The number of fused-ring (bicyclic) bond motifs is 1. The van der Waals surface area contributed by atoms with Crippen molar-refractivity contribution >= 4 is 45.2 Å². The summed E-state index contributed by atoms with van der Waals surface area (Å²) in [5, 5.41) is 4.10. The Morgan fingerprint density at radius 3 is 2.81 bits per heavy atom. The normalized spacial score (nSPS) is 13.0. The minimum Gasteiger partial charge on any atom is -0.326 e. The van der Waals surface area contributed by atoms with E-state index in [1.54, 1.807) is 0 Å². The molecule has 0 spiro atoms. The Bertz CT molecular complexity index is 775. The Morgan fingerprint density at radius 1 is 1.33 bits per heavy atom. The molecule has 0 amide bonds. The van der Waals surface area contributed by atoms with E-state index >= 15 is 0 Å². The highest BCUT2D eigenvalue weighted by atomic mass is 127. The van der Waals surface area contributed by atoms with Crippen LogP contribution in [0.2, 0.25) is 0 Å². The second-order valence-electron chi connectivity index (χ2n) is 5.07. The van der Waals surface area contributed by atoms with E-state index in [4.69, 9.17) is 16.6 Å². The highest BCUT2D eigenvalue weighted by Crippen LogP contribution is 2.26. The molecule has 1 aromatic carbocycles. The first-order valence-corrected chi connectivity index (χ1v) is 8.34. The van der Waals surface area contributed by atoms with Crippen molar-refractivity contribution in [1.82, 2.24) is 19.3 Å². The monoisotopic (exact) mass is 414 g/mol. The third kappa shape index (κ3) is 2.94. The molecule has 0 aliphatic heterocycles. The van der Waals surface area contributed by atoms with Crippen LogP contribution in [0.3, 0.4) is 0 Å². The number of alkyl halides is 1. The Kier molecular flexibility index (Phi) is 4.21. The summed E-state index contributed by atoms with van der Waals surface area (Å²) in [5.41, 5.74) is 3.35. The predicted molar refractivity (Wildman–Crippen MR) is 93.6 cm³/mol. The fourth-order valence-corrected chi connectivity index (χ4v) is 3.17. The number of halogens is 2. The van der Waals surface area contributed by atoms with Crippen molar-refractivity contribution in [3.05, 3.63) is 45.6 Å². The van der Waals surface area contributed by atoms with Crippen LogP contribution in [0.25, 0.3) is 11.0 Å². The van der Waals surface area contributed by atoms with Crippen molar-refractivity contribution in [2.45, 2.75) is 25.3 Å². The lowest BCUT2D eigenvalue weighted by Gasteiger charge is -2.10. The summed E-state index contributed by atoms with van der Waals surface area (Å²) < 4.78 is 5.31. The smallest absolute Gasteiger partial charge is 0.127 e. The molecule has 1 unspecified atom stereocenters. The maximum atomic E-state index is 6.31. The molecule has 0 radical (unpaired) electrons. The first-order chi connectivity index (χ1) is 10.1. The summed E-state index contributed by atoms with van der Waals surface area (Å²) in [5.74, 6) is 0.927. The van der Waals surface area contributed by atoms with Gasteiger partial charge in [-0.1, -0.05) is 0 Å². The SMILES string of the molecule is CC(Cl)c1nc2cc(I)ccc2n1CCc1ccnn1C. The van der Waals surface area contributed by atoms with E-state index < -0.39 is 0 Å². The molecule has 2 aromatic heterocycles. The van der Waals surface area contributed by atoms with Crippen LogP contribution < -0.4 is 0 Å². The largest absolute Gasteiger partial charge is 0.326 e. The van der Waals surface area contributed by atoms with Gasteiger partial charge in [-0.25, -0.2) is 4.98 Å². The lowest BCUT2D eigenvalue weighted by molar-refractivity contribution is 0.624. The van der Waals surface area contributed by atoms with Crippen LogP contribution in [0.1, 0.15) is 23.8 Å². The minimum absolute atomic E-state index is 0.110. The van der Waals surface area contributed by atoms with Gasteiger partial charge in [-0.05, 0) is 53.8 Å².